The molecular formula is C14H21N2O3+. The Labute approximate surface area is 112 Å². The molecule has 0 fully saturated rings. The number of carbonyl (C=O) groups excluding carboxylic acids is 1. The first-order valence-electron chi connectivity index (χ1n) is 6.77. The SMILES string of the molecule is CC(C)OC(=O)c1c[n+](C)c2n(c1=O)C(C)CCC2. The van der Waals surface area contributed by atoms with Crippen LogP contribution in [0.5, 0.6) is 0 Å². The minimum Gasteiger partial charge on any atom is -0.459 e. The van der Waals surface area contributed by atoms with Crippen LogP contribution < -0.4 is 10.1 Å². The summed E-state index contributed by atoms with van der Waals surface area (Å²) < 4.78 is 8.74. The first-order chi connectivity index (χ1) is 8.91. The minimum atomic E-state index is -0.538. The van der Waals surface area contributed by atoms with E-state index in [4.69, 9.17) is 4.74 Å². The predicted molar refractivity (Wildman–Crippen MR) is 70.1 cm³/mol. The van der Waals surface area contributed by atoms with Crippen LogP contribution in [0.25, 0.3) is 0 Å². The highest BCUT2D eigenvalue weighted by molar-refractivity contribution is 5.88. The van der Waals surface area contributed by atoms with Crippen LogP contribution in [0.4, 0.5) is 0 Å². The zero-order valence-corrected chi connectivity index (χ0v) is 12.0. The first kappa shape index (κ1) is 13.8. The van der Waals surface area contributed by atoms with Crippen LogP contribution in [-0.4, -0.2) is 16.6 Å². The number of hydrogen-bond donors (Lipinski definition) is 0. The summed E-state index contributed by atoms with van der Waals surface area (Å²) in [6.07, 6.45) is 4.28. The van der Waals surface area contributed by atoms with E-state index in [1.54, 1.807) is 24.6 Å². The van der Waals surface area contributed by atoms with Gasteiger partial charge in [0.05, 0.1) is 13.2 Å². The van der Waals surface area contributed by atoms with Gasteiger partial charge in [-0.3, -0.25) is 0 Å². The Hall–Kier alpha value is -1.65. The molecule has 0 saturated heterocycles. The monoisotopic (exact) mass is 265 g/mol. The number of carbonyl (C=O) groups is 1. The molecule has 0 aromatic carbocycles. The van der Waals surface area contributed by atoms with Crippen LogP contribution >= 0.6 is 0 Å². The molecule has 5 heteroatoms. The molecule has 1 aliphatic rings. The number of hydrogen-bond acceptors (Lipinski definition) is 3. The summed E-state index contributed by atoms with van der Waals surface area (Å²) >= 11 is 0. The highest BCUT2D eigenvalue weighted by Crippen LogP contribution is 2.19. The second kappa shape index (κ2) is 5.15. The fourth-order valence-electron chi connectivity index (χ4n) is 2.59. The Morgan fingerprint density at radius 1 is 1.53 bits per heavy atom. The number of nitrogens with zero attached hydrogens (tertiary/aromatic N) is 2. The van der Waals surface area contributed by atoms with Gasteiger partial charge in [-0.2, -0.15) is 4.57 Å². The summed E-state index contributed by atoms with van der Waals surface area (Å²) in [5.41, 5.74) is -0.111. The Balaban J connectivity index is 2.53. The van der Waals surface area contributed by atoms with Gasteiger partial charge >= 0.3 is 11.5 Å². The van der Waals surface area contributed by atoms with Crippen molar-refractivity contribution in [3.63, 3.8) is 0 Å². The van der Waals surface area contributed by atoms with Crippen molar-refractivity contribution in [1.82, 2.24) is 4.57 Å². The van der Waals surface area contributed by atoms with Crippen molar-refractivity contribution in [1.29, 1.82) is 0 Å². The van der Waals surface area contributed by atoms with E-state index in [1.165, 1.54) is 0 Å². The quantitative estimate of drug-likeness (QED) is 0.595. The number of aromatic nitrogens is 2. The zero-order chi connectivity index (χ0) is 14.2. The second-order valence-electron chi connectivity index (χ2n) is 5.44. The molecule has 2 heterocycles. The minimum absolute atomic E-state index is 0.119. The van der Waals surface area contributed by atoms with E-state index in [1.807, 2.05) is 18.5 Å². The standard InChI is InChI=1S/C14H21N2O3/c1-9(2)19-14(18)11-8-15(4)12-7-5-6-10(3)16(12)13(11)17/h8-10H,5-7H2,1-4H3/q+1. The summed E-state index contributed by atoms with van der Waals surface area (Å²) in [5.74, 6) is 0.438. The van der Waals surface area contributed by atoms with Crippen LogP contribution in [0.3, 0.4) is 0 Å². The van der Waals surface area contributed by atoms with Crippen molar-refractivity contribution in [2.24, 2.45) is 7.05 Å². The molecule has 0 saturated carbocycles. The normalized spacial score (nSPS) is 18.3. The second-order valence-corrected chi connectivity index (χ2v) is 5.44. The van der Waals surface area contributed by atoms with Crippen molar-refractivity contribution in [2.45, 2.75) is 52.2 Å². The maximum atomic E-state index is 12.4. The molecule has 0 spiro atoms. The van der Waals surface area contributed by atoms with E-state index < -0.39 is 5.97 Å². The Bertz CT molecular complexity index is 561. The first-order valence-corrected chi connectivity index (χ1v) is 6.77. The van der Waals surface area contributed by atoms with E-state index in [2.05, 4.69) is 0 Å². The van der Waals surface area contributed by atoms with Crippen molar-refractivity contribution in [3.05, 3.63) is 27.9 Å². The number of ether oxygens (including phenoxy) is 1. The molecule has 5 nitrogen and oxygen atoms in total. The molecule has 0 N–H and O–H groups in total. The highest BCUT2D eigenvalue weighted by Gasteiger charge is 2.31. The van der Waals surface area contributed by atoms with E-state index in [0.29, 0.717) is 0 Å². The van der Waals surface area contributed by atoms with Crippen molar-refractivity contribution < 1.29 is 14.1 Å². The number of fused-ring (bicyclic) bond motifs is 1. The van der Waals surface area contributed by atoms with E-state index in [0.717, 1.165) is 25.1 Å². The Morgan fingerprint density at radius 3 is 2.84 bits per heavy atom. The Kier molecular flexibility index (Phi) is 3.73. The summed E-state index contributed by atoms with van der Waals surface area (Å²) in [4.78, 5) is 24.4. The molecule has 0 amide bonds. The maximum Gasteiger partial charge on any atom is 0.352 e. The lowest BCUT2D eigenvalue weighted by Crippen LogP contribution is -2.48. The van der Waals surface area contributed by atoms with Gasteiger partial charge in [-0.1, -0.05) is 0 Å². The third-order valence-corrected chi connectivity index (χ3v) is 3.48. The molecule has 0 radical (unpaired) electrons. The van der Waals surface area contributed by atoms with Gasteiger partial charge in [0.25, 0.3) is 5.82 Å². The molecule has 19 heavy (non-hydrogen) atoms. The number of rotatable bonds is 2. The van der Waals surface area contributed by atoms with Crippen LogP contribution in [-0.2, 0) is 18.2 Å². The maximum absolute atomic E-state index is 12.4. The number of aryl methyl sites for hydroxylation is 1. The summed E-state index contributed by atoms with van der Waals surface area (Å²) in [7, 11) is 1.87. The van der Waals surface area contributed by atoms with Crippen LogP contribution in [0.15, 0.2) is 11.0 Å². The van der Waals surface area contributed by atoms with Gasteiger partial charge in [0.15, 0.2) is 5.56 Å². The predicted octanol–water partition coefficient (Wildman–Crippen LogP) is 1.14. The Morgan fingerprint density at radius 2 is 2.21 bits per heavy atom. The lowest BCUT2D eigenvalue weighted by Gasteiger charge is -2.20. The fraction of sp³-hybridized carbons (Fsp3) is 0.643. The summed E-state index contributed by atoms with van der Waals surface area (Å²) in [6, 6.07) is 0.134. The van der Waals surface area contributed by atoms with Crippen molar-refractivity contribution in [3.8, 4) is 0 Å². The zero-order valence-electron chi connectivity index (χ0n) is 12.0. The average molecular weight is 265 g/mol. The fourth-order valence-corrected chi connectivity index (χ4v) is 2.59. The van der Waals surface area contributed by atoms with Gasteiger partial charge in [-0.15, -0.1) is 0 Å². The van der Waals surface area contributed by atoms with Gasteiger partial charge in [-0.25, -0.2) is 14.2 Å². The summed E-state index contributed by atoms with van der Waals surface area (Å²) in [5, 5.41) is 0. The van der Waals surface area contributed by atoms with Gasteiger partial charge in [0.2, 0.25) is 0 Å². The third kappa shape index (κ3) is 2.55. The molecule has 2 rings (SSSR count). The lowest BCUT2D eigenvalue weighted by atomic mass is 10.0. The average Bonchev–Trinajstić information content (AvgIpc) is 2.32. The molecule has 1 unspecified atom stereocenters. The van der Waals surface area contributed by atoms with Gasteiger partial charge in [0, 0.05) is 6.42 Å². The van der Waals surface area contributed by atoms with Gasteiger partial charge in [0.1, 0.15) is 12.2 Å². The third-order valence-electron chi connectivity index (χ3n) is 3.48. The molecule has 0 aliphatic carbocycles. The molecular weight excluding hydrogens is 244 g/mol. The van der Waals surface area contributed by atoms with E-state index in [9.17, 15) is 9.59 Å². The van der Waals surface area contributed by atoms with E-state index >= 15 is 0 Å². The van der Waals surface area contributed by atoms with Crippen molar-refractivity contribution >= 4 is 5.97 Å². The number of esters is 1. The smallest absolute Gasteiger partial charge is 0.352 e. The van der Waals surface area contributed by atoms with Gasteiger partial charge < -0.3 is 4.74 Å². The van der Waals surface area contributed by atoms with Crippen LogP contribution in [0, 0.1) is 0 Å². The molecule has 1 aliphatic heterocycles. The van der Waals surface area contributed by atoms with Crippen LogP contribution in [0.1, 0.15) is 55.8 Å². The molecule has 1 aromatic rings. The lowest BCUT2D eigenvalue weighted by molar-refractivity contribution is -0.685. The topological polar surface area (TPSA) is 52.2 Å². The molecule has 0 bridgehead atoms. The molecule has 1 atom stereocenters. The van der Waals surface area contributed by atoms with Crippen LogP contribution in [0.2, 0.25) is 0 Å². The van der Waals surface area contributed by atoms with E-state index in [-0.39, 0.29) is 23.3 Å². The highest BCUT2D eigenvalue weighted by atomic mass is 16.5. The largest absolute Gasteiger partial charge is 0.459 e. The summed E-state index contributed by atoms with van der Waals surface area (Å²) in [6.45, 7) is 5.56. The molecule has 1 aromatic heterocycles. The van der Waals surface area contributed by atoms with Gasteiger partial charge in [-0.05, 0) is 33.6 Å². The molecule has 104 valence electrons. The van der Waals surface area contributed by atoms with Crippen molar-refractivity contribution in [2.75, 3.05) is 0 Å².